The van der Waals surface area contributed by atoms with E-state index < -0.39 is 43.4 Å². The second kappa shape index (κ2) is 4.67. The largest absolute Gasteiger partial charge is 0.394 e. The number of aliphatic imine (C=N–C) groups is 2. The highest BCUT2D eigenvalue weighted by Gasteiger charge is 2.50. The van der Waals surface area contributed by atoms with Crippen LogP contribution in [0.3, 0.4) is 0 Å². The summed E-state index contributed by atoms with van der Waals surface area (Å²) in [5.41, 5.74) is 5.82. The second-order valence-electron chi connectivity index (χ2n) is 5.24. The maximum absolute atomic E-state index is 10.1. The van der Waals surface area contributed by atoms with Crippen molar-refractivity contribution < 1.29 is 20.1 Å². The maximum Gasteiger partial charge on any atom is 0.222 e. The molecule has 1 aromatic heterocycles. The van der Waals surface area contributed by atoms with Crippen molar-refractivity contribution in [2.45, 2.75) is 36.7 Å². The minimum atomic E-state index is -1.21. The van der Waals surface area contributed by atoms with Gasteiger partial charge in [0.15, 0.2) is 24.3 Å². The zero-order valence-electron chi connectivity index (χ0n) is 11.2. The summed E-state index contributed by atoms with van der Waals surface area (Å²) in [7, 11) is 0. The van der Waals surface area contributed by atoms with Gasteiger partial charge in [-0.2, -0.15) is 4.68 Å². The molecule has 1 saturated heterocycles. The fraction of sp³-hybridized carbons (Fsp3) is 0.700. The highest BCUT2D eigenvalue weighted by Crippen LogP contribution is 2.35. The Kier molecular flexibility index (Phi) is 2.87. The normalized spacial score (nSPS) is 39.8. The molecule has 118 valence electrons. The number of rotatable bonds is 2. The molecular weight excluding hydrogens is 296 g/mol. The molecule has 0 saturated carbocycles. The van der Waals surface area contributed by atoms with Gasteiger partial charge in [-0.05, 0) is 10.4 Å². The molecule has 0 aromatic carbocycles. The van der Waals surface area contributed by atoms with E-state index in [4.69, 9.17) is 15.6 Å². The van der Waals surface area contributed by atoms with E-state index in [0.29, 0.717) is 5.82 Å². The lowest BCUT2D eigenvalue weighted by molar-refractivity contribution is -0.0797. The number of ether oxygens (including phenoxy) is 1. The van der Waals surface area contributed by atoms with Crippen LogP contribution in [0.4, 0.5) is 0 Å². The molecule has 0 radical (unpaired) electrons. The Morgan fingerprint density at radius 3 is 2.86 bits per heavy atom. The van der Waals surface area contributed by atoms with Crippen LogP contribution >= 0.6 is 0 Å². The molecular formula is C10H14N8O4. The lowest BCUT2D eigenvalue weighted by atomic mass is 10.1. The first-order valence-electron chi connectivity index (χ1n) is 6.67. The van der Waals surface area contributed by atoms with Crippen LogP contribution < -0.4 is 5.73 Å². The number of tetrazole rings is 1. The van der Waals surface area contributed by atoms with Crippen LogP contribution in [0.15, 0.2) is 9.98 Å². The SMILES string of the molecule is NC1=NC2C(N=CN2[C@@H]2O[C@H](CO)[C@@H](O)[C@H]2O)c2nnnn21. The van der Waals surface area contributed by atoms with Crippen molar-refractivity contribution in [1.29, 1.82) is 0 Å². The van der Waals surface area contributed by atoms with Gasteiger partial charge in [0.25, 0.3) is 0 Å². The predicted octanol–water partition coefficient (Wildman–Crippen LogP) is -4.00. The van der Waals surface area contributed by atoms with Gasteiger partial charge in [-0.1, -0.05) is 0 Å². The van der Waals surface area contributed by atoms with Crippen LogP contribution in [0.25, 0.3) is 0 Å². The first-order chi connectivity index (χ1) is 10.6. The highest BCUT2D eigenvalue weighted by atomic mass is 16.6. The Morgan fingerprint density at radius 1 is 1.32 bits per heavy atom. The summed E-state index contributed by atoms with van der Waals surface area (Å²) in [6, 6.07) is -0.483. The Balaban J connectivity index is 1.64. The average molecular weight is 310 g/mol. The number of aliphatic hydroxyl groups is 3. The van der Waals surface area contributed by atoms with Crippen LogP contribution in [0.2, 0.25) is 0 Å². The third-order valence-electron chi connectivity index (χ3n) is 4.00. The second-order valence-corrected chi connectivity index (χ2v) is 5.24. The van der Waals surface area contributed by atoms with E-state index in [1.54, 1.807) is 4.90 Å². The van der Waals surface area contributed by atoms with E-state index >= 15 is 0 Å². The molecule has 0 amide bonds. The highest BCUT2D eigenvalue weighted by molar-refractivity contribution is 5.81. The van der Waals surface area contributed by atoms with Crippen LogP contribution in [0.1, 0.15) is 11.9 Å². The molecule has 22 heavy (non-hydrogen) atoms. The zero-order valence-corrected chi connectivity index (χ0v) is 11.2. The molecule has 4 heterocycles. The summed E-state index contributed by atoms with van der Waals surface area (Å²) in [6.45, 7) is -0.405. The lowest BCUT2D eigenvalue weighted by Gasteiger charge is -2.32. The third kappa shape index (κ3) is 1.68. The summed E-state index contributed by atoms with van der Waals surface area (Å²) in [5.74, 6) is 0.534. The van der Waals surface area contributed by atoms with Gasteiger partial charge in [0, 0.05) is 0 Å². The van der Waals surface area contributed by atoms with Crippen LogP contribution in [0, 0.1) is 0 Å². The van der Waals surface area contributed by atoms with Gasteiger partial charge in [0.1, 0.15) is 18.3 Å². The van der Waals surface area contributed by atoms with Gasteiger partial charge in [-0.25, -0.2) is 4.99 Å². The summed E-state index contributed by atoms with van der Waals surface area (Å²) in [4.78, 5) is 10.1. The Hall–Kier alpha value is -2.15. The monoisotopic (exact) mass is 310 g/mol. The summed E-state index contributed by atoms with van der Waals surface area (Å²) >= 11 is 0. The molecule has 1 fully saturated rings. The first-order valence-corrected chi connectivity index (χ1v) is 6.67. The molecule has 0 bridgehead atoms. The quantitative estimate of drug-likeness (QED) is 0.425. The number of hydrogen-bond donors (Lipinski definition) is 4. The molecule has 0 aliphatic carbocycles. The van der Waals surface area contributed by atoms with Gasteiger partial charge in [0.2, 0.25) is 5.96 Å². The molecule has 1 aromatic rings. The molecule has 3 aliphatic heterocycles. The van der Waals surface area contributed by atoms with Gasteiger partial charge >= 0.3 is 0 Å². The first kappa shape index (κ1) is 13.5. The molecule has 12 nitrogen and oxygen atoms in total. The molecule has 4 rings (SSSR count). The lowest BCUT2D eigenvalue weighted by Crippen LogP contribution is -2.49. The van der Waals surface area contributed by atoms with Gasteiger partial charge < -0.3 is 30.7 Å². The Bertz CT molecular complexity index is 647. The van der Waals surface area contributed by atoms with Gasteiger partial charge in [-0.15, -0.1) is 5.10 Å². The van der Waals surface area contributed by atoms with Crippen LogP contribution in [-0.4, -0.2) is 90.0 Å². The number of nitrogens with two attached hydrogens (primary N) is 1. The molecule has 6 atom stereocenters. The average Bonchev–Trinajstić information content (AvgIpc) is 3.19. The molecule has 0 spiro atoms. The fourth-order valence-electron chi connectivity index (χ4n) is 2.87. The van der Waals surface area contributed by atoms with Gasteiger partial charge in [0.05, 0.1) is 12.9 Å². The summed E-state index contributed by atoms with van der Waals surface area (Å²) in [6.07, 6.45) is -3.30. The standard InChI is InChI=1S/C10H14N8O4/c11-10-13-7-4(8-14-15-16-18(8)10)12-2-17(7)9-6(21)5(20)3(1-19)22-9/h2-7,9,19-21H,1H2,(H2,11,13)/t3-,4?,5-,6-,7?,9-/m1/s1. The Morgan fingerprint density at radius 2 is 2.14 bits per heavy atom. The van der Waals surface area contributed by atoms with Crippen molar-refractivity contribution in [3.8, 4) is 0 Å². The maximum atomic E-state index is 10.1. The molecule has 2 unspecified atom stereocenters. The summed E-state index contributed by atoms with van der Waals surface area (Å²) in [5, 5.41) is 40.3. The number of nitrogens with zero attached hydrogens (tertiary/aromatic N) is 7. The smallest absolute Gasteiger partial charge is 0.222 e. The van der Waals surface area contributed by atoms with E-state index in [1.807, 2.05) is 0 Å². The van der Waals surface area contributed by atoms with Crippen LogP contribution in [-0.2, 0) is 4.74 Å². The van der Waals surface area contributed by atoms with Gasteiger partial charge in [-0.3, -0.25) is 4.99 Å². The fourth-order valence-corrected chi connectivity index (χ4v) is 2.87. The van der Waals surface area contributed by atoms with Crippen molar-refractivity contribution in [2.75, 3.05) is 6.61 Å². The number of fused-ring (bicyclic) bond motifs is 3. The number of aromatic nitrogens is 4. The van der Waals surface area contributed by atoms with E-state index in [2.05, 4.69) is 25.5 Å². The zero-order chi connectivity index (χ0) is 15.4. The molecule has 5 N–H and O–H groups in total. The van der Waals surface area contributed by atoms with Crippen molar-refractivity contribution in [3.63, 3.8) is 0 Å². The van der Waals surface area contributed by atoms with E-state index in [1.165, 1.54) is 11.0 Å². The third-order valence-corrected chi connectivity index (χ3v) is 4.00. The van der Waals surface area contributed by atoms with Crippen molar-refractivity contribution in [3.05, 3.63) is 5.82 Å². The number of hydrogen-bond acceptors (Lipinski definition) is 11. The van der Waals surface area contributed by atoms with Crippen molar-refractivity contribution in [2.24, 2.45) is 15.7 Å². The van der Waals surface area contributed by atoms with E-state index in [9.17, 15) is 10.2 Å². The predicted molar refractivity (Wildman–Crippen MR) is 69.5 cm³/mol. The number of aliphatic hydroxyl groups excluding tert-OH is 3. The topological polar surface area (TPSA) is 168 Å². The summed E-state index contributed by atoms with van der Waals surface area (Å²) < 4.78 is 6.78. The van der Waals surface area contributed by atoms with E-state index in [-0.39, 0.29) is 5.96 Å². The van der Waals surface area contributed by atoms with Crippen LogP contribution in [0.5, 0.6) is 0 Å². The molecule has 3 aliphatic rings. The minimum Gasteiger partial charge on any atom is -0.394 e. The van der Waals surface area contributed by atoms with Crippen molar-refractivity contribution in [1.82, 2.24) is 25.1 Å². The molecule has 12 heteroatoms. The minimum absolute atomic E-state index is 0.100. The Labute approximate surface area is 123 Å². The van der Waals surface area contributed by atoms with Crippen molar-refractivity contribution >= 4 is 12.3 Å². The van der Waals surface area contributed by atoms with E-state index in [0.717, 1.165) is 0 Å².